The Kier molecular flexibility index (Phi) is 9.58. The van der Waals surface area contributed by atoms with Gasteiger partial charge in [-0.1, -0.05) is 74.5 Å². The Morgan fingerprint density at radius 2 is 1.53 bits per heavy atom. The fraction of sp³-hybridized carbons (Fsp3) is 0.407. The number of hydroxylamine groups is 1. The standard InChI is InChI=1S/C27H34N4O5/c1-19(2)16-23(22(26(34)29-36)15-9-14-20-10-5-3-6-11-20)25(33)28-31-24(32)18-30(27(31)35)17-21-12-7-4-8-13-21/h3-8,10-13,19,22-23,36H,9,14-18H2,1-2H3,(H,28,33)(H,29,34)/t22-,23?/m1/s1. The highest BCUT2D eigenvalue weighted by Crippen LogP contribution is 2.27. The van der Waals surface area contributed by atoms with E-state index in [-0.39, 0.29) is 19.0 Å². The normalized spacial score (nSPS) is 15.2. The number of nitrogens with zero attached hydrogens (tertiary/aromatic N) is 2. The average molecular weight is 495 g/mol. The summed E-state index contributed by atoms with van der Waals surface area (Å²) in [5.74, 6) is -3.40. The van der Waals surface area contributed by atoms with Crippen LogP contribution in [0, 0.1) is 17.8 Å². The molecule has 1 heterocycles. The van der Waals surface area contributed by atoms with Crippen LogP contribution in [0.2, 0.25) is 0 Å². The van der Waals surface area contributed by atoms with Crippen molar-refractivity contribution in [1.82, 2.24) is 20.8 Å². The van der Waals surface area contributed by atoms with E-state index in [1.54, 1.807) is 5.48 Å². The van der Waals surface area contributed by atoms with Crippen molar-refractivity contribution >= 4 is 23.8 Å². The lowest BCUT2D eigenvalue weighted by atomic mass is 9.81. The molecule has 0 aromatic heterocycles. The van der Waals surface area contributed by atoms with Crippen molar-refractivity contribution in [3.05, 3.63) is 71.8 Å². The molecule has 2 aromatic carbocycles. The van der Waals surface area contributed by atoms with Crippen molar-refractivity contribution in [3.8, 4) is 0 Å². The van der Waals surface area contributed by atoms with Crippen LogP contribution in [0.25, 0.3) is 0 Å². The first-order valence-corrected chi connectivity index (χ1v) is 12.2. The molecule has 1 aliphatic rings. The third-order valence-corrected chi connectivity index (χ3v) is 6.29. The van der Waals surface area contributed by atoms with E-state index in [4.69, 9.17) is 0 Å². The number of hydrogen-bond donors (Lipinski definition) is 3. The van der Waals surface area contributed by atoms with Crippen molar-refractivity contribution < 1.29 is 24.4 Å². The van der Waals surface area contributed by atoms with Crippen LogP contribution in [-0.4, -0.2) is 45.4 Å². The van der Waals surface area contributed by atoms with Gasteiger partial charge in [-0.15, -0.1) is 0 Å². The number of nitrogens with one attached hydrogen (secondary N) is 2. The second-order valence-electron chi connectivity index (χ2n) is 9.53. The Labute approximate surface area is 211 Å². The summed E-state index contributed by atoms with van der Waals surface area (Å²) in [6.45, 7) is 3.93. The number of benzene rings is 2. The van der Waals surface area contributed by atoms with Gasteiger partial charge in [0.25, 0.3) is 5.91 Å². The first-order valence-electron chi connectivity index (χ1n) is 12.2. The third-order valence-electron chi connectivity index (χ3n) is 6.29. The van der Waals surface area contributed by atoms with Gasteiger partial charge in [0.2, 0.25) is 11.8 Å². The number of imide groups is 1. The minimum absolute atomic E-state index is 0.0587. The van der Waals surface area contributed by atoms with E-state index in [2.05, 4.69) is 5.43 Å². The van der Waals surface area contributed by atoms with Crippen molar-refractivity contribution in [2.24, 2.45) is 17.8 Å². The largest absolute Gasteiger partial charge is 0.346 e. The van der Waals surface area contributed by atoms with E-state index in [1.807, 2.05) is 74.5 Å². The quantitative estimate of drug-likeness (QED) is 0.238. The summed E-state index contributed by atoms with van der Waals surface area (Å²) in [5.41, 5.74) is 6.12. The highest BCUT2D eigenvalue weighted by molar-refractivity contribution is 6.03. The molecule has 1 aliphatic heterocycles. The van der Waals surface area contributed by atoms with E-state index >= 15 is 0 Å². The van der Waals surface area contributed by atoms with Gasteiger partial charge in [0.15, 0.2) is 0 Å². The van der Waals surface area contributed by atoms with Gasteiger partial charge in [0.1, 0.15) is 6.54 Å². The number of amides is 5. The van der Waals surface area contributed by atoms with Gasteiger partial charge in [-0.3, -0.25) is 25.0 Å². The maximum atomic E-state index is 13.3. The molecule has 5 amide bonds. The number of aryl methyl sites for hydroxylation is 1. The Morgan fingerprint density at radius 1 is 0.917 bits per heavy atom. The van der Waals surface area contributed by atoms with Crippen LogP contribution in [0.5, 0.6) is 0 Å². The molecule has 9 heteroatoms. The molecule has 192 valence electrons. The van der Waals surface area contributed by atoms with Crippen molar-refractivity contribution in [3.63, 3.8) is 0 Å². The number of carbonyl (C=O) groups is 4. The first-order chi connectivity index (χ1) is 17.3. The van der Waals surface area contributed by atoms with E-state index in [9.17, 15) is 24.4 Å². The Balaban J connectivity index is 1.70. The molecule has 0 radical (unpaired) electrons. The summed E-state index contributed by atoms with van der Waals surface area (Å²) >= 11 is 0. The zero-order valence-corrected chi connectivity index (χ0v) is 20.7. The van der Waals surface area contributed by atoms with Crippen LogP contribution in [0.1, 0.15) is 44.2 Å². The molecule has 1 saturated heterocycles. The van der Waals surface area contributed by atoms with E-state index < -0.39 is 35.6 Å². The van der Waals surface area contributed by atoms with Crippen molar-refractivity contribution in [2.75, 3.05) is 6.54 Å². The summed E-state index contributed by atoms with van der Waals surface area (Å²) in [6.07, 6.45) is 2.04. The van der Waals surface area contributed by atoms with Crippen molar-refractivity contribution in [1.29, 1.82) is 0 Å². The minimum Gasteiger partial charge on any atom is -0.309 e. The van der Waals surface area contributed by atoms with Crippen LogP contribution in [-0.2, 0) is 27.3 Å². The van der Waals surface area contributed by atoms with Gasteiger partial charge >= 0.3 is 6.03 Å². The molecule has 3 rings (SSSR count). The molecule has 9 nitrogen and oxygen atoms in total. The monoisotopic (exact) mass is 494 g/mol. The Morgan fingerprint density at radius 3 is 2.11 bits per heavy atom. The van der Waals surface area contributed by atoms with Gasteiger partial charge in [0, 0.05) is 6.54 Å². The van der Waals surface area contributed by atoms with Gasteiger partial charge in [-0.2, -0.15) is 5.01 Å². The third kappa shape index (κ3) is 7.14. The van der Waals surface area contributed by atoms with E-state index in [1.165, 1.54) is 4.90 Å². The van der Waals surface area contributed by atoms with Crippen LogP contribution in [0.15, 0.2) is 60.7 Å². The van der Waals surface area contributed by atoms with Gasteiger partial charge in [-0.25, -0.2) is 10.3 Å². The fourth-order valence-electron chi connectivity index (χ4n) is 4.51. The predicted molar refractivity (Wildman–Crippen MR) is 133 cm³/mol. The lowest BCUT2D eigenvalue weighted by Gasteiger charge is -2.28. The fourth-order valence-corrected chi connectivity index (χ4v) is 4.51. The zero-order valence-electron chi connectivity index (χ0n) is 20.7. The second-order valence-corrected chi connectivity index (χ2v) is 9.53. The molecule has 0 aliphatic carbocycles. The zero-order chi connectivity index (χ0) is 26.1. The molecule has 2 aromatic rings. The summed E-state index contributed by atoms with van der Waals surface area (Å²) in [5, 5.41) is 10.1. The molecule has 1 unspecified atom stereocenters. The minimum atomic E-state index is -0.836. The van der Waals surface area contributed by atoms with Gasteiger partial charge in [-0.05, 0) is 42.7 Å². The van der Waals surface area contributed by atoms with Crippen molar-refractivity contribution in [2.45, 2.75) is 46.1 Å². The summed E-state index contributed by atoms with van der Waals surface area (Å²) < 4.78 is 0. The van der Waals surface area contributed by atoms with E-state index in [0.29, 0.717) is 25.7 Å². The Bertz CT molecular complexity index is 1040. The first kappa shape index (κ1) is 26.9. The van der Waals surface area contributed by atoms with Crippen LogP contribution in [0.3, 0.4) is 0 Å². The smallest absolute Gasteiger partial charge is 0.309 e. The highest BCUT2D eigenvalue weighted by atomic mass is 16.5. The second kappa shape index (κ2) is 12.8. The summed E-state index contributed by atoms with van der Waals surface area (Å²) in [4.78, 5) is 52.8. The highest BCUT2D eigenvalue weighted by Gasteiger charge is 2.40. The Hall–Kier alpha value is -3.72. The molecule has 0 spiro atoms. The number of hydrogen-bond acceptors (Lipinski definition) is 5. The average Bonchev–Trinajstić information content (AvgIpc) is 3.13. The lowest BCUT2D eigenvalue weighted by Crippen LogP contribution is -2.51. The maximum Gasteiger partial charge on any atom is 0.346 e. The number of urea groups is 1. The summed E-state index contributed by atoms with van der Waals surface area (Å²) in [7, 11) is 0. The molecule has 1 fully saturated rings. The predicted octanol–water partition coefficient (Wildman–Crippen LogP) is 3.29. The molecule has 2 atom stereocenters. The van der Waals surface area contributed by atoms with Gasteiger partial charge < -0.3 is 4.90 Å². The number of hydrazine groups is 1. The molecule has 36 heavy (non-hydrogen) atoms. The topological polar surface area (TPSA) is 119 Å². The number of rotatable bonds is 12. The van der Waals surface area contributed by atoms with E-state index in [0.717, 1.165) is 16.1 Å². The lowest BCUT2D eigenvalue weighted by molar-refractivity contribution is -0.144. The van der Waals surface area contributed by atoms with Crippen LogP contribution < -0.4 is 10.9 Å². The number of carbonyl (C=O) groups excluding carboxylic acids is 4. The summed E-state index contributed by atoms with van der Waals surface area (Å²) in [6, 6.07) is 18.4. The molecule has 3 N–H and O–H groups in total. The van der Waals surface area contributed by atoms with Crippen LogP contribution >= 0.6 is 0 Å². The SMILES string of the molecule is CC(C)CC(C(=O)NN1C(=O)CN(Cc2ccccc2)C1=O)[C@@H](CCCc1ccccc1)C(=O)NO. The molecule has 0 bridgehead atoms. The molecular weight excluding hydrogens is 460 g/mol. The molecule has 0 saturated carbocycles. The van der Waals surface area contributed by atoms with Crippen LogP contribution in [0.4, 0.5) is 4.79 Å². The maximum absolute atomic E-state index is 13.3. The van der Waals surface area contributed by atoms with Gasteiger partial charge in [0.05, 0.1) is 11.8 Å². The molecular formula is C27H34N4O5.